The maximum Gasteiger partial charge on any atom is 0.165 e. The first kappa shape index (κ1) is 9.33. The molecule has 1 aromatic heterocycles. The predicted octanol–water partition coefficient (Wildman–Crippen LogP) is 2.95. The Morgan fingerprint density at radius 3 is 2.75 bits per heavy atom. The first-order chi connectivity index (χ1) is 7.77. The second-order valence-corrected chi connectivity index (χ2v) is 3.96. The van der Waals surface area contributed by atoms with E-state index in [0.29, 0.717) is 18.4 Å². The zero-order chi connectivity index (χ0) is 11.1. The van der Waals surface area contributed by atoms with Gasteiger partial charge in [0.05, 0.1) is 5.69 Å². The van der Waals surface area contributed by atoms with Crippen LogP contribution in [0.3, 0.4) is 0 Å². The topological polar surface area (TPSA) is 32.9 Å². The summed E-state index contributed by atoms with van der Waals surface area (Å²) in [7, 11) is 0. The second kappa shape index (κ2) is 3.30. The summed E-state index contributed by atoms with van der Waals surface area (Å²) in [5.41, 5.74) is 2.96. The van der Waals surface area contributed by atoms with E-state index in [1.807, 2.05) is 0 Å². The van der Waals surface area contributed by atoms with Gasteiger partial charge >= 0.3 is 0 Å². The van der Waals surface area contributed by atoms with Gasteiger partial charge in [-0.2, -0.15) is 0 Å². The van der Waals surface area contributed by atoms with Crippen molar-refractivity contribution in [3.8, 4) is 11.3 Å². The van der Waals surface area contributed by atoms with Crippen LogP contribution >= 0.6 is 0 Å². The molecule has 0 atom stereocenters. The number of Topliss-reactive ketones (excluding diaryl/α,β-unsaturated/α-hetero) is 1. The van der Waals surface area contributed by atoms with E-state index in [9.17, 15) is 9.18 Å². The number of H-pyrrole nitrogens is 1. The van der Waals surface area contributed by atoms with Crippen LogP contribution in [-0.4, -0.2) is 10.8 Å². The summed E-state index contributed by atoms with van der Waals surface area (Å²) in [5.74, 6) is -0.111. The molecule has 2 nitrogen and oxygen atoms in total. The second-order valence-electron chi connectivity index (χ2n) is 3.96. The maximum absolute atomic E-state index is 13.6. The van der Waals surface area contributed by atoms with Crippen LogP contribution < -0.4 is 0 Å². The fourth-order valence-electron chi connectivity index (χ4n) is 2.24. The zero-order valence-corrected chi connectivity index (χ0v) is 8.59. The zero-order valence-electron chi connectivity index (χ0n) is 8.59. The molecule has 1 N–H and O–H groups in total. The fourth-order valence-corrected chi connectivity index (χ4v) is 2.24. The van der Waals surface area contributed by atoms with Crippen LogP contribution in [0.15, 0.2) is 30.5 Å². The van der Waals surface area contributed by atoms with Gasteiger partial charge in [0, 0.05) is 23.7 Å². The Bertz CT molecular complexity index is 571. The molecule has 0 unspecified atom stereocenters. The van der Waals surface area contributed by atoms with Gasteiger partial charge in [-0.1, -0.05) is 12.1 Å². The third-order valence-electron chi connectivity index (χ3n) is 3.03. The lowest BCUT2D eigenvalue weighted by molar-refractivity contribution is 0.0994. The molecule has 1 aromatic carbocycles. The molecule has 0 radical (unpaired) electrons. The minimum absolute atomic E-state index is 0.147. The molecule has 3 rings (SSSR count). The molecular weight excluding hydrogens is 205 g/mol. The Balaban J connectivity index is 2.19. The number of carbonyl (C=O) groups is 1. The average Bonchev–Trinajstić information content (AvgIpc) is 2.83. The van der Waals surface area contributed by atoms with Gasteiger partial charge in [-0.15, -0.1) is 0 Å². The number of rotatable bonds is 1. The first-order valence-electron chi connectivity index (χ1n) is 5.25. The van der Waals surface area contributed by atoms with Gasteiger partial charge in [-0.3, -0.25) is 4.79 Å². The molecule has 2 aromatic rings. The summed E-state index contributed by atoms with van der Waals surface area (Å²) in [5, 5.41) is 0. The highest BCUT2D eigenvalue weighted by atomic mass is 19.1. The maximum atomic E-state index is 13.6. The Morgan fingerprint density at radius 1 is 1.12 bits per heavy atom. The van der Waals surface area contributed by atoms with E-state index >= 15 is 0 Å². The molecule has 0 fully saturated rings. The molecule has 0 saturated heterocycles. The van der Waals surface area contributed by atoms with E-state index in [2.05, 4.69) is 4.98 Å². The Kier molecular flexibility index (Phi) is 1.93. The summed E-state index contributed by atoms with van der Waals surface area (Å²) in [6.45, 7) is 0. The van der Waals surface area contributed by atoms with E-state index in [1.165, 1.54) is 6.07 Å². The molecule has 1 heterocycles. The van der Waals surface area contributed by atoms with Crippen molar-refractivity contribution in [2.24, 2.45) is 0 Å². The van der Waals surface area contributed by atoms with Crippen molar-refractivity contribution in [3.63, 3.8) is 0 Å². The van der Waals surface area contributed by atoms with Gasteiger partial charge in [0.15, 0.2) is 5.78 Å². The number of nitrogens with one attached hydrogen (secondary N) is 1. The lowest BCUT2D eigenvalue weighted by atomic mass is 10.1. The van der Waals surface area contributed by atoms with Crippen LogP contribution in [0, 0.1) is 5.82 Å². The molecule has 80 valence electrons. The van der Waals surface area contributed by atoms with Gasteiger partial charge in [0.2, 0.25) is 0 Å². The largest absolute Gasteiger partial charge is 0.360 e. The first-order valence-corrected chi connectivity index (χ1v) is 5.25. The van der Waals surface area contributed by atoms with Gasteiger partial charge in [0.1, 0.15) is 5.82 Å². The lowest BCUT2D eigenvalue weighted by Gasteiger charge is -2.02. The van der Waals surface area contributed by atoms with Crippen LogP contribution in [0.4, 0.5) is 4.39 Å². The van der Waals surface area contributed by atoms with Gasteiger partial charge in [0.25, 0.3) is 0 Å². The number of aromatic nitrogens is 1. The molecule has 0 spiro atoms. The van der Waals surface area contributed by atoms with Crippen molar-refractivity contribution in [1.82, 2.24) is 4.98 Å². The van der Waals surface area contributed by atoms with Crippen molar-refractivity contribution in [3.05, 3.63) is 47.4 Å². The van der Waals surface area contributed by atoms with Crippen molar-refractivity contribution in [2.75, 3.05) is 0 Å². The molecular formula is C13H10FNO. The van der Waals surface area contributed by atoms with Crippen LogP contribution in [0.2, 0.25) is 0 Å². The normalized spacial score (nSPS) is 14.2. The highest BCUT2D eigenvalue weighted by Gasteiger charge is 2.25. The molecule has 0 aliphatic heterocycles. The van der Waals surface area contributed by atoms with E-state index < -0.39 is 0 Å². The number of carbonyl (C=O) groups excluding carboxylic acids is 1. The van der Waals surface area contributed by atoms with Gasteiger partial charge in [-0.05, 0) is 24.1 Å². The SMILES string of the molecule is O=C1CCc2c1c[nH]c2-c1ccccc1F. The van der Waals surface area contributed by atoms with Crippen molar-refractivity contribution >= 4 is 5.78 Å². The summed E-state index contributed by atoms with van der Waals surface area (Å²) >= 11 is 0. The van der Waals surface area contributed by atoms with Gasteiger partial charge in [-0.25, -0.2) is 4.39 Å². The van der Waals surface area contributed by atoms with Crippen LogP contribution in [0.5, 0.6) is 0 Å². The fraction of sp³-hybridized carbons (Fsp3) is 0.154. The monoisotopic (exact) mass is 215 g/mol. The molecule has 1 aliphatic rings. The van der Waals surface area contributed by atoms with Crippen molar-refractivity contribution < 1.29 is 9.18 Å². The summed E-state index contributed by atoms with van der Waals surface area (Å²) in [6, 6.07) is 6.61. The van der Waals surface area contributed by atoms with Crippen LogP contribution in [0.1, 0.15) is 22.3 Å². The predicted molar refractivity (Wildman–Crippen MR) is 58.8 cm³/mol. The standard InChI is InChI=1S/C13H10FNO/c14-11-4-2-1-3-9(11)13-8-5-6-12(16)10(8)7-15-13/h1-4,7,15H,5-6H2. The number of ketones is 1. The minimum atomic E-state index is -0.258. The molecule has 16 heavy (non-hydrogen) atoms. The highest BCUT2D eigenvalue weighted by molar-refractivity contribution is 6.02. The smallest absolute Gasteiger partial charge is 0.165 e. The molecule has 0 saturated carbocycles. The number of fused-ring (bicyclic) bond motifs is 1. The Morgan fingerprint density at radius 2 is 1.94 bits per heavy atom. The number of benzene rings is 1. The summed E-state index contributed by atoms with van der Waals surface area (Å²) < 4.78 is 13.6. The quantitative estimate of drug-likeness (QED) is 0.779. The van der Waals surface area contributed by atoms with Crippen LogP contribution in [0.25, 0.3) is 11.3 Å². The number of halogens is 1. The third kappa shape index (κ3) is 1.21. The van der Waals surface area contributed by atoms with E-state index in [4.69, 9.17) is 0 Å². The number of aromatic amines is 1. The highest BCUT2D eigenvalue weighted by Crippen LogP contribution is 2.32. The van der Waals surface area contributed by atoms with Crippen molar-refractivity contribution in [2.45, 2.75) is 12.8 Å². The van der Waals surface area contributed by atoms with Crippen LogP contribution in [-0.2, 0) is 6.42 Å². The Labute approximate surface area is 92.1 Å². The van der Waals surface area contributed by atoms with Gasteiger partial charge < -0.3 is 4.98 Å². The van der Waals surface area contributed by atoms with E-state index in [0.717, 1.165) is 16.8 Å². The van der Waals surface area contributed by atoms with E-state index in [-0.39, 0.29) is 11.6 Å². The minimum Gasteiger partial charge on any atom is -0.360 e. The summed E-state index contributed by atoms with van der Waals surface area (Å²) in [6.07, 6.45) is 2.94. The lowest BCUT2D eigenvalue weighted by Crippen LogP contribution is -1.88. The molecule has 0 amide bonds. The number of hydrogen-bond donors (Lipinski definition) is 1. The molecule has 1 aliphatic carbocycles. The average molecular weight is 215 g/mol. The third-order valence-corrected chi connectivity index (χ3v) is 3.03. The van der Waals surface area contributed by atoms with Crippen molar-refractivity contribution in [1.29, 1.82) is 0 Å². The molecule has 0 bridgehead atoms. The molecule has 3 heteroatoms. The Hall–Kier alpha value is -1.90. The van der Waals surface area contributed by atoms with E-state index in [1.54, 1.807) is 24.4 Å². The number of hydrogen-bond acceptors (Lipinski definition) is 1. The summed E-state index contributed by atoms with van der Waals surface area (Å²) in [4.78, 5) is 14.5.